The predicted octanol–water partition coefficient (Wildman–Crippen LogP) is 2.37. The minimum absolute atomic E-state index is 0.193. The van der Waals surface area contributed by atoms with E-state index in [1.165, 1.54) is 0 Å². The molecule has 0 aliphatic carbocycles. The summed E-state index contributed by atoms with van der Waals surface area (Å²) >= 11 is 0. The van der Waals surface area contributed by atoms with E-state index in [0.29, 0.717) is 30.8 Å². The highest BCUT2D eigenvalue weighted by Crippen LogP contribution is 2.15. The number of amides is 1. The Labute approximate surface area is 114 Å². The highest BCUT2D eigenvalue weighted by Gasteiger charge is 2.23. The molecule has 0 bridgehead atoms. The Hall–Kier alpha value is -1.55. The van der Waals surface area contributed by atoms with Crippen molar-refractivity contribution in [2.24, 2.45) is 0 Å². The average Bonchev–Trinajstić information content (AvgIpc) is 2.45. The highest BCUT2D eigenvalue weighted by molar-refractivity contribution is 5.94. The van der Waals surface area contributed by atoms with Crippen molar-refractivity contribution in [1.29, 1.82) is 0 Å². The van der Waals surface area contributed by atoms with Crippen LogP contribution in [0, 0.1) is 0 Å². The maximum atomic E-state index is 12.0. The molecule has 0 unspecified atom stereocenters. The predicted molar refractivity (Wildman–Crippen MR) is 75.5 cm³/mol. The van der Waals surface area contributed by atoms with Gasteiger partial charge in [0.2, 0.25) is 0 Å². The van der Waals surface area contributed by atoms with Gasteiger partial charge in [0, 0.05) is 12.1 Å². The second-order valence-electron chi connectivity index (χ2n) is 4.57. The number of carbonyl (C=O) groups is 1. The van der Waals surface area contributed by atoms with Crippen LogP contribution < -0.4 is 10.1 Å². The van der Waals surface area contributed by atoms with Crippen LogP contribution in [0.25, 0.3) is 0 Å². The molecule has 1 amide bonds. The zero-order valence-corrected chi connectivity index (χ0v) is 11.9. The molecule has 0 fully saturated rings. The van der Waals surface area contributed by atoms with Crippen molar-refractivity contribution in [2.75, 3.05) is 13.2 Å². The molecule has 0 saturated carbocycles. The van der Waals surface area contributed by atoms with Crippen molar-refractivity contribution < 1.29 is 14.6 Å². The molecule has 0 aliphatic rings. The van der Waals surface area contributed by atoms with Crippen molar-refractivity contribution >= 4 is 5.91 Å². The lowest BCUT2D eigenvalue weighted by Crippen LogP contribution is -2.42. The van der Waals surface area contributed by atoms with Gasteiger partial charge in [0.05, 0.1) is 12.2 Å². The summed E-state index contributed by atoms with van der Waals surface area (Å²) < 4.78 is 5.36. The first kappa shape index (κ1) is 15.5. The van der Waals surface area contributed by atoms with Crippen LogP contribution in [0.1, 0.15) is 44.0 Å². The molecule has 0 spiro atoms. The minimum atomic E-state index is -0.826. The van der Waals surface area contributed by atoms with E-state index < -0.39 is 5.60 Å². The molecule has 1 rings (SSSR count). The summed E-state index contributed by atoms with van der Waals surface area (Å²) in [6.07, 6.45) is 1.23. The summed E-state index contributed by atoms with van der Waals surface area (Å²) in [5, 5.41) is 12.9. The fourth-order valence-electron chi connectivity index (χ4n) is 1.74. The molecule has 4 nitrogen and oxygen atoms in total. The lowest BCUT2D eigenvalue weighted by Gasteiger charge is -2.25. The van der Waals surface area contributed by atoms with Crippen LogP contribution in [-0.4, -0.2) is 29.8 Å². The molecule has 0 aliphatic heterocycles. The number of carbonyl (C=O) groups excluding carboxylic acids is 1. The Balaban J connectivity index is 2.65. The summed E-state index contributed by atoms with van der Waals surface area (Å²) in [5.74, 6) is 0.485. The SMILES string of the molecule is CCOc1cccc(C(=O)NCC(O)(CC)CC)c1. The number of hydrogen-bond donors (Lipinski definition) is 2. The molecule has 19 heavy (non-hydrogen) atoms. The number of benzene rings is 1. The van der Waals surface area contributed by atoms with Gasteiger partial charge < -0.3 is 15.2 Å². The third-order valence-corrected chi connectivity index (χ3v) is 3.30. The van der Waals surface area contributed by atoms with E-state index in [0.717, 1.165) is 0 Å². The van der Waals surface area contributed by atoms with E-state index >= 15 is 0 Å². The van der Waals surface area contributed by atoms with Gasteiger partial charge in [-0.05, 0) is 38.0 Å². The molecule has 0 aromatic heterocycles. The summed E-state index contributed by atoms with van der Waals surface area (Å²) in [7, 11) is 0. The summed E-state index contributed by atoms with van der Waals surface area (Å²) in [6.45, 7) is 6.54. The van der Waals surface area contributed by atoms with Crippen LogP contribution in [0.15, 0.2) is 24.3 Å². The zero-order valence-electron chi connectivity index (χ0n) is 11.9. The third kappa shape index (κ3) is 4.56. The van der Waals surface area contributed by atoms with Gasteiger partial charge in [0.25, 0.3) is 5.91 Å². The molecule has 0 atom stereocenters. The van der Waals surface area contributed by atoms with Gasteiger partial charge in [-0.1, -0.05) is 19.9 Å². The van der Waals surface area contributed by atoms with Crippen LogP contribution in [-0.2, 0) is 0 Å². The van der Waals surface area contributed by atoms with Crippen molar-refractivity contribution in [3.8, 4) is 5.75 Å². The molecule has 2 N–H and O–H groups in total. The van der Waals surface area contributed by atoms with E-state index in [1.54, 1.807) is 18.2 Å². The van der Waals surface area contributed by atoms with Gasteiger partial charge in [-0.2, -0.15) is 0 Å². The molecule has 1 aromatic carbocycles. The molecule has 106 valence electrons. The number of aliphatic hydroxyl groups is 1. The standard InChI is InChI=1S/C15H23NO3/c1-4-15(18,5-2)11-16-14(17)12-8-7-9-13(10-12)19-6-3/h7-10,18H,4-6,11H2,1-3H3,(H,16,17). The second-order valence-corrected chi connectivity index (χ2v) is 4.57. The molecule has 0 radical (unpaired) electrons. The number of hydrogen-bond acceptors (Lipinski definition) is 3. The van der Waals surface area contributed by atoms with E-state index in [9.17, 15) is 9.90 Å². The fraction of sp³-hybridized carbons (Fsp3) is 0.533. The van der Waals surface area contributed by atoms with Crippen molar-refractivity contribution in [3.63, 3.8) is 0 Å². The Morgan fingerprint density at radius 2 is 2.00 bits per heavy atom. The first-order chi connectivity index (χ1) is 9.04. The summed E-state index contributed by atoms with van der Waals surface area (Å²) in [6, 6.07) is 7.03. The van der Waals surface area contributed by atoms with Gasteiger partial charge in [-0.15, -0.1) is 0 Å². The first-order valence-electron chi connectivity index (χ1n) is 6.78. The van der Waals surface area contributed by atoms with Crippen LogP contribution in [0.2, 0.25) is 0 Å². The number of ether oxygens (including phenoxy) is 1. The topological polar surface area (TPSA) is 58.6 Å². The maximum Gasteiger partial charge on any atom is 0.251 e. The first-order valence-corrected chi connectivity index (χ1v) is 6.78. The smallest absolute Gasteiger partial charge is 0.251 e. The Morgan fingerprint density at radius 1 is 1.32 bits per heavy atom. The Morgan fingerprint density at radius 3 is 2.58 bits per heavy atom. The largest absolute Gasteiger partial charge is 0.494 e. The van der Waals surface area contributed by atoms with Gasteiger partial charge in [-0.3, -0.25) is 4.79 Å². The lowest BCUT2D eigenvalue weighted by molar-refractivity contribution is 0.0314. The lowest BCUT2D eigenvalue weighted by atomic mass is 9.97. The fourth-order valence-corrected chi connectivity index (χ4v) is 1.74. The second kappa shape index (κ2) is 7.14. The normalized spacial score (nSPS) is 11.2. The van der Waals surface area contributed by atoms with Crippen molar-refractivity contribution in [3.05, 3.63) is 29.8 Å². The highest BCUT2D eigenvalue weighted by atomic mass is 16.5. The van der Waals surface area contributed by atoms with Gasteiger partial charge in [0.15, 0.2) is 0 Å². The number of rotatable bonds is 7. The molecule has 0 saturated heterocycles. The summed E-state index contributed by atoms with van der Waals surface area (Å²) in [5.41, 5.74) is -0.284. The van der Waals surface area contributed by atoms with Gasteiger partial charge in [0.1, 0.15) is 5.75 Å². The number of nitrogens with one attached hydrogen (secondary N) is 1. The van der Waals surface area contributed by atoms with Crippen LogP contribution in [0.5, 0.6) is 5.75 Å². The van der Waals surface area contributed by atoms with Crippen LogP contribution in [0.4, 0.5) is 0 Å². The molecule has 1 aromatic rings. The zero-order chi connectivity index (χ0) is 14.3. The van der Waals surface area contributed by atoms with Crippen molar-refractivity contribution in [1.82, 2.24) is 5.32 Å². The average molecular weight is 265 g/mol. The van der Waals surface area contributed by atoms with E-state index in [4.69, 9.17) is 4.74 Å². The van der Waals surface area contributed by atoms with Crippen LogP contribution in [0.3, 0.4) is 0 Å². The van der Waals surface area contributed by atoms with E-state index in [1.807, 2.05) is 26.8 Å². The minimum Gasteiger partial charge on any atom is -0.494 e. The maximum absolute atomic E-state index is 12.0. The van der Waals surface area contributed by atoms with Gasteiger partial charge >= 0.3 is 0 Å². The Bertz CT molecular complexity index is 414. The molecule has 0 heterocycles. The van der Waals surface area contributed by atoms with Crippen molar-refractivity contribution in [2.45, 2.75) is 39.2 Å². The van der Waals surface area contributed by atoms with E-state index in [-0.39, 0.29) is 12.5 Å². The third-order valence-electron chi connectivity index (χ3n) is 3.30. The summed E-state index contributed by atoms with van der Waals surface area (Å²) in [4.78, 5) is 12.0. The van der Waals surface area contributed by atoms with Gasteiger partial charge in [-0.25, -0.2) is 0 Å². The monoisotopic (exact) mass is 265 g/mol. The molecule has 4 heteroatoms. The van der Waals surface area contributed by atoms with E-state index in [2.05, 4.69) is 5.32 Å². The Kier molecular flexibility index (Phi) is 5.83. The van der Waals surface area contributed by atoms with Crippen LogP contribution >= 0.6 is 0 Å². The molecular formula is C15H23NO3. The molecular weight excluding hydrogens is 242 g/mol. The quantitative estimate of drug-likeness (QED) is 0.795.